The number of aryl methyl sites for hydroxylation is 1. The van der Waals surface area contributed by atoms with Gasteiger partial charge in [-0.25, -0.2) is 0 Å². The first-order chi connectivity index (χ1) is 8.02. The fourth-order valence-corrected chi connectivity index (χ4v) is 1.68. The maximum atomic E-state index is 11.6. The molecule has 17 heavy (non-hydrogen) atoms. The van der Waals surface area contributed by atoms with Gasteiger partial charge in [0, 0.05) is 18.5 Å². The molecule has 1 aromatic carbocycles. The molecule has 0 aliphatic heterocycles. The van der Waals surface area contributed by atoms with Gasteiger partial charge in [-0.05, 0) is 18.9 Å². The van der Waals surface area contributed by atoms with Gasteiger partial charge in [0.15, 0.2) is 0 Å². The minimum Gasteiger partial charge on any atom is -0.496 e. The molecule has 3 nitrogen and oxygen atoms in total. The lowest BCUT2D eigenvalue weighted by molar-refractivity contribution is -0.121. The molecule has 0 saturated heterocycles. The van der Waals surface area contributed by atoms with Gasteiger partial charge in [0.1, 0.15) is 5.75 Å². The summed E-state index contributed by atoms with van der Waals surface area (Å²) >= 11 is 0. The summed E-state index contributed by atoms with van der Waals surface area (Å²) in [6.45, 7) is 6.62. The van der Waals surface area contributed by atoms with E-state index < -0.39 is 0 Å². The Morgan fingerprint density at radius 3 is 2.71 bits per heavy atom. The summed E-state index contributed by atoms with van der Waals surface area (Å²) in [6.07, 6.45) is 0.564. The molecule has 0 spiro atoms. The third kappa shape index (κ3) is 4.47. The van der Waals surface area contributed by atoms with Gasteiger partial charge in [-0.15, -0.1) is 0 Å². The fraction of sp³-hybridized carbons (Fsp3) is 0.500. The Labute approximate surface area is 103 Å². The SMILES string of the molecule is COc1ccc(C)cc1CNC(=O)CC(C)C. The normalized spacial score (nSPS) is 10.4. The van der Waals surface area contributed by atoms with Crippen molar-refractivity contribution in [3.05, 3.63) is 29.3 Å². The van der Waals surface area contributed by atoms with E-state index in [4.69, 9.17) is 4.74 Å². The van der Waals surface area contributed by atoms with Gasteiger partial charge in [0.05, 0.1) is 7.11 Å². The van der Waals surface area contributed by atoms with Crippen LogP contribution in [0.1, 0.15) is 31.4 Å². The van der Waals surface area contributed by atoms with Crippen molar-refractivity contribution in [2.24, 2.45) is 5.92 Å². The molecule has 1 rings (SSSR count). The lowest BCUT2D eigenvalue weighted by atomic mass is 10.1. The molecular weight excluding hydrogens is 214 g/mol. The Kier molecular flexibility index (Phi) is 5.01. The molecule has 1 N–H and O–H groups in total. The molecule has 0 aromatic heterocycles. The summed E-state index contributed by atoms with van der Waals surface area (Å²) < 4.78 is 5.26. The van der Waals surface area contributed by atoms with Gasteiger partial charge >= 0.3 is 0 Å². The van der Waals surface area contributed by atoms with Gasteiger partial charge in [-0.1, -0.05) is 31.5 Å². The molecule has 0 fully saturated rings. The molecule has 0 bridgehead atoms. The average molecular weight is 235 g/mol. The fourth-order valence-electron chi connectivity index (χ4n) is 1.68. The van der Waals surface area contributed by atoms with E-state index in [0.717, 1.165) is 11.3 Å². The maximum absolute atomic E-state index is 11.6. The summed E-state index contributed by atoms with van der Waals surface area (Å²) in [6, 6.07) is 5.96. The van der Waals surface area contributed by atoms with Gasteiger partial charge in [0.2, 0.25) is 5.91 Å². The first-order valence-corrected chi connectivity index (χ1v) is 5.93. The van der Waals surface area contributed by atoms with E-state index in [2.05, 4.69) is 5.32 Å². The second kappa shape index (κ2) is 6.28. The number of ether oxygens (including phenoxy) is 1. The zero-order valence-corrected chi connectivity index (χ0v) is 11.0. The standard InChI is InChI=1S/C14H21NO2/c1-10(2)7-14(16)15-9-12-8-11(3)5-6-13(12)17-4/h5-6,8,10H,7,9H2,1-4H3,(H,15,16). The molecule has 1 amide bonds. The summed E-state index contributed by atoms with van der Waals surface area (Å²) in [4.78, 5) is 11.6. The van der Waals surface area contributed by atoms with Gasteiger partial charge in [0.25, 0.3) is 0 Å². The number of carbonyl (C=O) groups excluding carboxylic acids is 1. The van der Waals surface area contributed by atoms with Crippen molar-refractivity contribution in [2.45, 2.75) is 33.7 Å². The quantitative estimate of drug-likeness (QED) is 0.852. The van der Waals surface area contributed by atoms with Crippen LogP contribution in [0.3, 0.4) is 0 Å². The first kappa shape index (κ1) is 13.6. The van der Waals surface area contributed by atoms with E-state index >= 15 is 0 Å². The molecule has 0 aliphatic carbocycles. The van der Waals surface area contributed by atoms with Crippen molar-refractivity contribution in [1.29, 1.82) is 0 Å². The highest BCUT2D eigenvalue weighted by atomic mass is 16.5. The number of methoxy groups -OCH3 is 1. The van der Waals surface area contributed by atoms with Crippen LogP contribution in [0, 0.1) is 12.8 Å². The van der Waals surface area contributed by atoms with Crippen LogP contribution in [0.4, 0.5) is 0 Å². The Balaban J connectivity index is 2.62. The largest absolute Gasteiger partial charge is 0.496 e. The third-order valence-electron chi connectivity index (χ3n) is 2.51. The van der Waals surface area contributed by atoms with E-state index in [-0.39, 0.29) is 5.91 Å². The Bertz CT molecular complexity index is 386. The van der Waals surface area contributed by atoms with E-state index in [0.29, 0.717) is 18.9 Å². The van der Waals surface area contributed by atoms with Crippen LogP contribution in [0.25, 0.3) is 0 Å². The van der Waals surface area contributed by atoms with Crippen LogP contribution in [0.2, 0.25) is 0 Å². The second-order valence-electron chi connectivity index (χ2n) is 4.69. The minimum atomic E-state index is 0.0866. The summed E-state index contributed by atoms with van der Waals surface area (Å²) in [5.41, 5.74) is 2.18. The van der Waals surface area contributed by atoms with Crippen LogP contribution in [-0.2, 0) is 11.3 Å². The monoisotopic (exact) mass is 235 g/mol. The van der Waals surface area contributed by atoms with Crippen molar-refractivity contribution in [2.75, 3.05) is 7.11 Å². The van der Waals surface area contributed by atoms with Gasteiger partial charge in [-0.3, -0.25) is 4.79 Å². The highest BCUT2D eigenvalue weighted by Crippen LogP contribution is 2.19. The van der Waals surface area contributed by atoms with Crippen molar-refractivity contribution < 1.29 is 9.53 Å². The summed E-state index contributed by atoms with van der Waals surface area (Å²) in [5.74, 6) is 1.29. The van der Waals surface area contributed by atoms with E-state index in [1.54, 1.807) is 7.11 Å². The zero-order valence-electron chi connectivity index (χ0n) is 11.0. The maximum Gasteiger partial charge on any atom is 0.220 e. The third-order valence-corrected chi connectivity index (χ3v) is 2.51. The van der Waals surface area contributed by atoms with E-state index in [1.165, 1.54) is 5.56 Å². The second-order valence-corrected chi connectivity index (χ2v) is 4.69. The van der Waals surface area contributed by atoms with Gasteiger partial charge < -0.3 is 10.1 Å². The minimum absolute atomic E-state index is 0.0866. The molecule has 0 aliphatic rings. The number of benzene rings is 1. The molecule has 94 valence electrons. The predicted octanol–water partition coefficient (Wildman–Crippen LogP) is 2.67. The van der Waals surface area contributed by atoms with Crippen molar-refractivity contribution in [3.8, 4) is 5.75 Å². The average Bonchev–Trinajstić information content (AvgIpc) is 2.25. The van der Waals surface area contributed by atoms with Crippen LogP contribution in [-0.4, -0.2) is 13.0 Å². The predicted molar refractivity (Wildman–Crippen MR) is 69.0 cm³/mol. The number of hydrogen-bond donors (Lipinski definition) is 1. The first-order valence-electron chi connectivity index (χ1n) is 5.93. The molecular formula is C14H21NO2. The number of nitrogens with one attached hydrogen (secondary N) is 1. The van der Waals surface area contributed by atoms with E-state index in [9.17, 15) is 4.79 Å². The van der Waals surface area contributed by atoms with E-state index in [1.807, 2.05) is 39.0 Å². The molecule has 3 heteroatoms. The van der Waals surface area contributed by atoms with Crippen LogP contribution >= 0.6 is 0 Å². The highest BCUT2D eigenvalue weighted by Gasteiger charge is 2.07. The molecule has 0 atom stereocenters. The number of carbonyl (C=O) groups is 1. The topological polar surface area (TPSA) is 38.3 Å². The lowest BCUT2D eigenvalue weighted by Gasteiger charge is -2.11. The Hall–Kier alpha value is -1.51. The van der Waals surface area contributed by atoms with Crippen molar-refractivity contribution >= 4 is 5.91 Å². The van der Waals surface area contributed by atoms with Crippen LogP contribution in [0.5, 0.6) is 5.75 Å². The molecule has 0 unspecified atom stereocenters. The molecule has 0 heterocycles. The summed E-state index contributed by atoms with van der Waals surface area (Å²) in [7, 11) is 1.64. The van der Waals surface area contributed by atoms with Crippen molar-refractivity contribution in [1.82, 2.24) is 5.32 Å². The highest BCUT2D eigenvalue weighted by molar-refractivity contribution is 5.76. The molecule has 0 radical (unpaired) electrons. The zero-order chi connectivity index (χ0) is 12.8. The lowest BCUT2D eigenvalue weighted by Crippen LogP contribution is -2.24. The van der Waals surface area contributed by atoms with Crippen LogP contribution in [0.15, 0.2) is 18.2 Å². The number of hydrogen-bond acceptors (Lipinski definition) is 2. The Morgan fingerprint density at radius 1 is 1.41 bits per heavy atom. The Morgan fingerprint density at radius 2 is 2.12 bits per heavy atom. The van der Waals surface area contributed by atoms with Crippen molar-refractivity contribution in [3.63, 3.8) is 0 Å². The van der Waals surface area contributed by atoms with Gasteiger partial charge in [-0.2, -0.15) is 0 Å². The smallest absolute Gasteiger partial charge is 0.220 e. The molecule has 1 aromatic rings. The number of amides is 1. The summed E-state index contributed by atoms with van der Waals surface area (Å²) in [5, 5.41) is 2.91. The molecule has 0 saturated carbocycles. The number of rotatable bonds is 5. The van der Waals surface area contributed by atoms with Crippen LogP contribution < -0.4 is 10.1 Å².